The molecule has 1 unspecified atom stereocenters. The van der Waals surface area contributed by atoms with Crippen LogP contribution in [-0.2, 0) is 19.0 Å². The van der Waals surface area contributed by atoms with Gasteiger partial charge in [0.15, 0.2) is 11.7 Å². The molecule has 1 aromatic heterocycles. The number of carbonyl (C=O) groups is 1. The van der Waals surface area contributed by atoms with Crippen molar-refractivity contribution in [1.29, 1.82) is 0 Å². The maximum Gasteiger partial charge on any atom is 0.338 e. The first-order valence-corrected chi connectivity index (χ1v) is 9.62. The summed E-state index contributed by atoms with van der Waals surface area (Å²) in [5.41, 5.74) is 0.689. The molecular weight excluding hydrogens is 432 g/mol. The van der Waals surface area contributed by atoms with E-state index in [2.05, 4.69) is 15.3 Å². The fourth-order valence-electron chi connectivity index (χ4n) is 3.00. The Morgan fingerprint density at radius 2 is 2.03 bits per heavy atom. The summed E-state index contributed by atoms with van der Waals surface area (Å²) >= 11 is 6.25. The van der Waals surface area contributed by atoms with E-state index in [1.807, 2.05) is 0 Å². The number of ether oxygens (including phenoxy) is 3. The Morgan fingerprint density at radius 3 is 2.71 bits per heavy atom. The minimum absolute atomic E-state index is 0.0451. The van der Waals surface area contributed by atoms with E-state index in [0.717, 1.165) is 6.07 Å². The van der Waals surface area contributed by atoms with E-state index in [-0.39, 0.29) is 35.3 Å². The standard InChI is InChI=1S/C21H20ClF2N3O4/c1-29-8-9-31-11-16-17(21(28)30-2)18(13-6-5-12(23)10-14(13)22)27-20(26-16)19-15(24)4-3-7-25-19/h3-7,10,18H,8-9,11H2,1-2H3,(H,26,27). The summed E-state index contributed by atoms with van der Waals surface area (Å²) in [4.78, 5) is 21.2. The number of esters is 1. The third kappa shape index (κ3) is 5.25. The summed E-state index contributed by atoms with van der Waals surface area (Å²) in [5.74, 6) is -1.78. The lowest BCUT2D eigenvalue weighted by atomic mass is 9.95. The molecule has 3 rings (SSSR count). The van der Waals surface area contributed by atoms with Gasteiger partial charge in [0.1, 0.15) is 17.6 Å². The van der Waals surface area contributed by atoms with Gasteiger partial charge in [-0.2, -0.15) is 0 Å². The first kappa shape index (κ1) is 22.8. The Balaban J connectivity index is 2.12. The fraction of sp³-hybridized carbons (Fsp3) is 0.286. The number of pyridine rings is 1. The highest BCUT2D eigenvalue weighted by molar-refractivity contribution is 6.31. The van der Waals surface area contributed by atoms with Crippen molar-refractivity contribution in [2.45, 2.75) is 6.04 Å². The molecule has 2 aromatic rings. The number of halogens is 3. The highest BCUT2D eigenvalue weighted by atomic mass is 35.5. The first-order chi connectivity index (χ1) is 15.0. The molecule has 0 fully saturated rings. The number of hydrogen-bond acceptors (Lipinski definition) is 7. The topological polar surface area (TPSA) is 82.0 Å². The van der Waals surface area contributed by atoms with Crippen molar-refractivity contribution in [3.8, 4) is 0 Å². The molecule has 0 spiro atoms. The van der Waals surface area contributed by atoms with Gasteiger partial charge in [0.25, 0.3) is 0 Å². The van der Waals surface area contributed by atoms with Gasteiger partial charge >= 0.3 is 5.97 Å². The molecule has 1 N–H and O–H groups in total. The molecule has 1 aliphatic heterocycles. The van der Waals surface area contributed by atoms with Gasteiger partial charge in [-0.3, -0.25) is 4.99 Å². The number of amidine groups is 1. The van der Waals surface area contributed by atoms with Crippen LogP contribution in [0.5, 0.6) is 0 Å². The molecule has 1 aromatic carbocycles. The van der Waals surface area contributed by atoms with Crippen molar-refractivity contribution in [1.82, 2.24) is 10.3 Å². The second kappa shape index (κ2) is 10.4. The Bertz CT molecular complexity index is 1030. The largest absolute Gasteiger partial charge is 0.466 e. The van der Waals surface area contributed by atoms with E-state index in [0.29, 0.717) is 17.9 Å². The van der Waals surface area contributed by atoms with Gasteiger partial charge in [-0.25, -0.2) is 18.6 Å². The van der Waals surface area contributed by atoms with Crippen LogP contribution in [0, 0.1) is 11.6 Å². The molecule has 0 aliphatic carbocycles. The number of nitrogens with zero attached hydrogens (tertiary/aromatic N) is 2. The molecule has 31 heavy (non-hydrogen) atoms. The average Bonchev–Trinajstić information content (AvgIpc) is 2.76. The number of carbonyl (C=O) groups excluding carboxylic acids is 1. The monoisotopic (exact) mass is 451 g/mol. The van der Waals surface area contributed by atoms with Crippen LogP contribution in [0.4, 0.5) is 8.78 Å². The number of aromatic nitrogens is 1. The second-order valence-electron chi connectivity index (χ2n) is 6.43. The summed E-state index contributed by atoms with van der Waals surface area (Å²) < 4.78 is 43.5. The summed E-state index contributed by atoms with van der Waals surface area (Å²) in [6.45, 7) is 0.545. The Morgan fingerprint density at radius 1 is 1.23 bits per heavy atom. The summed E-state index contributed by atoms with van der Waals surface area (Å²) in [6.07, 6.45) is 1.41. The summed E-state index contributed by atoms with van der Waals surface area (Å²) in [7, 11) is 2.75. The molecule has 0 saturated heterocycles. The van der Waals surface area contributed by atoms with Crippen LogP contribution in [0.1, 0.15) is 17.3 Å². The minimum atomic E-state index is -1.00. The highest BCUT2D eigenvalue weighted by Gasteiger charge is 2.34. The van der Waals surface area contributed by atoms with Gasteiger partial charge in [0.05, 0.1) is 38.2 Å². The molecule has 164 valence electrons. The average molecular weight is 452 g/mol. The zero-order valence-electron chi connectivity index (χ0n) is 16.8. The van der Waals surface area contributed by atoms with Crippen LogP contribution in [0.2, 0.25) is 5.02 Å². The maximum absolute atomic E-state index is 14.4. The number of benzene rings is 1. The third-order valence-corrected chi connectivity index (χ3v) is 4.78. The number of nitrogens with one attached hydrogen (secondary N) is 1. The maximum atomic E-state index is 14.4. The van der Waals surface area contributed by atoms with Gasteiger partial charge in [-0.15, -0.1) is 0 Å². The number of hydrogen-bond donors (Lipinski definition) is 1. The molecule has 0 amide bonds. The normalized spacial score (nSPS) is 16.0. The van der Waals surface area contributed by atoms with Crippen molar-refractivity contribution >= 4 is 23.4 Å². The van der Waals surface area contributed by atoms with E-state index in [1.54, 1.807) is 0 Å². The molecule has 1 atom stereocenters. The van der Waals surface area contributed by atoms with Gasteiger partial charge in [0.2, 0.25) is 0 Å². The van der Waals surface area contributed by atoms with Crippen LogP contribution in [0.15, 0.2) is 52.8 Å². The van der Waals surface area contributed by atoms with Crippen LogP contribution in [0.25, 0.3) is 0 Å². The van der Waals surface area contributed by atoms with Crippen molar-refractivity contribution in [2.24, 2.45) is 4.99 Å². The quantitative estimate of drug-likeness (QED) is 0.490. The molecule has 10 heteroatoms. The van der Waals surface area contributed by atoms with Crippen LogP contribution < -0.4 is 5.32 Å². The molecule has 7 nitrogen and oxygen atoms in total. The predicted octanol–water partition coefficient (Wildman–Crippen LogP) is 3.19. The van der Waals surface area contributed by atoms with Crippen LogP contribution in [0.3, 0.4) is 0 Å². The lowest BCUT2D eigenvalue weighted by molar-refractivity contribution is -0.136. The van der Waals surface area contributed by atoms with E-state index in [4.69, 9.17) is 25.8 Å². The SMILES string of the molecule is COCCOCC1=C(C(=O)OC)C(c2ccc(F)cc2Cl)N=C(c2ncccc2F)N1. The van der Waals surface area contributed by atoms with Gasteiger partial charge in [0, 0.05) is 23.9 Å². The van der Waals surface area contributed by atoms with Crippen molar-refractivity contribution in [2.75, 3.05) is 34.0 Å². The van der Waals surface area contributed by atoms with Gasteiger partial charge in [-0.1, -0.05) is 17.7 Å². The van der Waals surface area contributed by atoms with Crippen molar-refractivity contribution in [3.05, 3.63) is 75.7 Å². The number of aliphatic imine (C=N–C) groups is 1. The van der Waals surface area contributed by atoms with E-state index in [1.165, 1.54) is 44.7 Å². The zero-order valence-corrected chi connectivity index (χ0v) is 17.6. The molecule has 1 aliphatic rings. The fourth-order valence-corrected chi connectivity index (χ4v) is 3.28. The first-order valence-electron chi connectivity index (χ1n) is 9.25. The molecule has 0 saturated carbocycles. The van der Waals surface area contributed by atoms with Gasteiger partial charge < -0.3 is 19.5 Å². The Labute approximate surface area is 182 Å². The van der Waals surface area contributed by atoms with Crippen LogP contribution >= 0.6 is 11.6 Å². The Kier molecular flexibility index (Phi) is 7.67. The van der Waals surface area contributed by atoms with Crippen LogP contribution in [-0.4, -0.2) is 50.8 Å². The number of rotatable bonds is 8. The summed E-state index contributed by atoms with van der Waals surface area (Å²) in [5, 5.41) is 2.98. The molecular formula is C21H20ClF2N3O4. The molecule has 0 radical (unpaired) electrons. The van der Waals surface area contributed by atoms with E-state index < -0.39 is 23.6 Å². The smallest absolute Gasteiger partial charge is 0.338 e. The predicted molar refractivity (Wildman–Crippen MR) is 110 cm³/mol. The summed E-state index contributed by atoms with van der Waals surface area (Å²) in [6, 6.07) is 5.40. The number of methoxy groups -OCH3 is 2. The lowest BCUT2D eigenvalue weighted by Gasteiger charge is -2.27. The van der Waals surface area contributed by atoms with Gasteiger partial charge in [-0.05, 0) is 24.3 Å². The lowest BCUT2D eigenvalue weighted by Crippen LogP contribution is -2.36. The van der Waals surface area contributed by atoms with Crippen molar-refractivity contribution in [3.63, 3.8) is 0 Å². The Hall–Kier alpha value is -2.88. The van der Waals surface area contributed by atoms with E-state index >= 15 is 0 Å². The minimum Gasteiger partial charge on any atom is -0.466 e. The second-order valence-corrected chi connectivity index (χ2v) is 6.84. The van der Waals surface area contributed by atoms with E-state index in [9.17, 15) is 13.6 Å². The molecule has 2 heterocycles. The third-order valence-electron chi connectivity index (χ3n) is 4.45. The highest BCUT2D eigenvalue weighted by Crippen LogP contribution is 2.36. The zero-order chi connectivity index (χ0) is 22.4. The molecule has 0 bridgehead atoms. The van der Waals surface area contributed by atoms with Crippen molar-refractivity contribution < 1.29 is 27.8 Å².